The average molecular weight is 310 g/mol. The number of likely N-dealkylation sites (N-methyl/N-ethyl adjacent to an activating group) is 1. The molecule has 7 nitrogen and oxygen atoms in total. The van der Waals surface area contributed by atoms with Crippen molar-refractivity contribution in [3.8, 4) is 22.9 Å². The van der Waals surface area contributed by atoms with Gasteiger partial charge in [0.25, 0.3) is 11.5 Å². The summed E-state index contributed by atoms with van der Waals surface area (Å²) in [6, 6.07) is 5.15. The van der Waals surface area contributed by atoms with Gasteiger partial charge in [-0.3, -0.25) is 14.5 Å². The van der Waals surface area contributed by atoms with E-state index in [-0.39, 0.29) is 11.5 Å². The molecule has 0 fully saturated rings. The van der Waals surface area contributed by atoms with Crippen molar-refractivity contribution in [2.45, 2.75) is 20.0 Å². The molecular formula is C16H14N4O3. The standard InChI is InChI=1S/C16H14N4O3/c1-8-12(4-10(6-17)15(21)19-8)11-5-13-14(18-7-11)20(3)16(22)9(2)23-13/h4-5,7,9H,1-3H3,(H,19,21). The third kappa shape index (κ3) is 2.34. The van der Waals surface area contributed by atoms with Crippen molar-refractivity contribution in [3.05, 3.63) is 39.9 Å². The Labute approximate surface area is 132 Å². The molecule has 3 heterocycles. The maximum Gasteiger partial charge on any atom is 0.268 e. The summed E-state index contributed by atoms with van der Waals surface area (Å²) in [5.41, 5.74) is 1.63. The van der Waals surface area contributed by atoms with Gasteiger partial charge in [-0.25, -0.2) is 4.98 Å². The minimum atomic E-state index is -0.587. The number of H-pyrrole nitrogens is 1. The van der Waals surface area contributed by atoms with E-state index >= 15 is 0 Å². The first-order valence-electron chi connectivity index (χ1n) is 7.01. The summed E-state index contributed by atoms with van der Waals surface area (Å²) in [4.78, 5) is 31.9. The van der Waals surface area contributed by atoms with Gasteiger partial charge >= 0.3 is 0 Å². The molecule has 0 spiro atoms. The monoisotopic (exact) mass is 310 g/mol. The molecule has 1 amide bonds. The van der Waals surface area contributed by atoms with Gasteiger partial charge in [-0.05, 0) is 26.0 Å². The van der Waals surface area contributed by atoms with E-state index in [0.29, 0.717) is 28.4 Å². The van der Waals surface area contributed by atoms with E-state index in [2.05, 4.69) is 9.97 Å². The molecule has 0 radical (unpaired) electrons. The Morgan fingerprint density at radius 3 is 2.83 bits per heavy atom. The molecular weight excluding hydrogens is 296 g/mol. The van der Waals surface area contributed by atoms with E-state index in [1.54, 1.807) is 33.2 Å². The summed E-state index contributed by atoms with van der Waals surface area (Å²) < 4.78 is 5.61. The quantitative estimate of drug-likeness (QED) is 0.857. The smallest absolute Gasteiger partial charge is 0.268 e. The minimum Gasteiger partial charge on any atom is -0.477 e. The Morgan fingerprint density at radius 2 is 2.13 bits per heavy atom. The number of pyridine rings is 2. The first kappa shape index (κ1) is 14.8. The van der Waals surface area contributed by atoms with Crippen molar-refractivity contribution in [3.63, 3.8) is 0 Å². The molecule has 2 aromatic rings. The van der Waals surface area contributed by atoms with Crippen LogP contribution in [0.2, 0.25) is 0 Å². The number of nitrogens with zero attached hydrogens (tertiary/aromatic N) is 3. The zero-order chi connectivity index (χ0) is 16.7. The van der Waals surface area contributed by atoms with E-state index in [1.807, 2.05) is 6.07 Å². The van der Waals surface area contributed by atoms with Crippen molar-refractivity contribution in [1.29, 1.82) is 5.26 Å². The highest BCUT2D eigenvalue weighted by molar-refractivity contribution is 5.98. The number of nitriles is 1. The third-order valence-corrected chi connectivity index (χ3v) is 3.80. The topological polar surface area (TPSA) is 99.1 Å². The maximum absolute atomic E-state index is 11.9. The molecule has 116 valence electrons. The zero-order valence-electron chi connectivity index (χ0n) is 12.9. The second-order valence-electron chi connectivity index (χ2n) is 5.37. The van der Waals surface area contributed by atoms with Crippen LogP contribution in [0.5, 0.6) is 5.75 Å². The lowest BCUT2D eigenvalue weighted by Crippen LogP contribution is -2.42. The SMILES string of the molecule is Cc1[nH]c(=O)c(C#N)cc1-c1cnc2c(c1)OC(C)C(=O)N2C. The number of nitrogens with one attached hydrogen (secondary N) is 1. The summed E-state index contributed by atoms with van der Waals surface area (Å²) in [5, 5.41) is 9.02. The van der Waals surface area contributed by atoms with Crippen LogP contribution in [0.25, 0.3) is 11.1 Å². The van der Waals surface area contributed by atoms with Crippen molar-refractivity contribution >= 4 is 11.7 Å². The number of hydrogen-bond donors (Lipinski definition) is 1. The van der Waals surface area contributed by atoms with Gasteiger partial charge in [0.1, 0.15) is 11.6 Å². The number of carbonyl (C=O) groups excluding carboxylic acids is 1. The van der Waals surface area contributed by atoms with Gasteiger partial charge in [0.2, 0.25) is 0 Å². The number of aromatic amines is 1. The second kappa shape index (κ2) is 5.25. The van der Waals surface area contributed by atoms with Crippen LogP contribution in [-0.2, 0) is 4.79 Å². The summed E-state index contributed by atoms with van der Waals surface area (Å²) >= 11 is 0. The maximum atomic E-state index is 11.9. The lowest BCUT2D eigenvalue weighted by Gasteiger charge is -2.29. The van der Waals surface area contributed by atoms with Crippen LogP contribution < -0.4 is 15.2 Å². The van der Waals surface area contributed by atoms with E-state index in [4.69, 9.17) is 10.00 Å². The third-order valence-electron chi connectivity index (χ3n) is 3.80. The second-order valence-corrected chi connectivity index (χ2v) is 5.37. The largest absolute Gasteiger partial charge is 0.477 e. The molecule has 7 heteroatoms. The van der Waals surface area contributed by atoms with Crippen LogP contribution in [0.3, 0.4) is 0 Å². The Morgan fingerprint density at radius 1 is 1.39 bits per heavy atom. The molecule has 1 unspecified atom stereocenters. The molecule has 1 aliphatic heterocycles. The van der Waals surface area contributed by atoms with Crippen LogP contribution >= 0.6 is 0 Å². The van der Waals surface area contributed by atoms with E-state index in [0.717, 1.165) is 0 Å². The number of ether oxygens (including phenoxy) is 1. The van der Waals surface area contributed by atoms with E-state index < -0.39 is 11.7 Å². The summed E-state index contributed by atoms with van der Waals surface area (Å²) in [7, 11) is 1.64. The van der Waals surface area contributed by atoms with Crippen LogP contribution in [0.15, 0.2) is 23.1 Å². The first-order chi connectivity index (χ1) is 10.9. The predicted molar refractivity (Wildman–Crippen MR) is 83.2 cm³/mol. The van der Waals surface area contributed by atoms with Crippen molar-refractivity contribution < 1.29 is 9.53 Å². The van der Waals surface area contributed by atoms with Crippen molar-refractivity contribution in [1.82, 2.24) is 9.97 Å². The van der Waals surface area contributed by atoms with Gasteiger partial charge in [-0.15, -0.1) is 0 Å². The van der Waals surface area contributed by atoms with Gasteiger partial charge in [0.05, 0.1) is 0 Å². The Kier molecular flexibility index (Phi) is 3.37. The molecule has 1 atom stereocenters. The molecule has 1 N–H and O–H groups in total. The number of amides is 1. The van der Waals surface area contributed by atoms with Crippen molar-refractivity contribution in [2.75, 3.05) is 11.9 Å². The number of anilines is 1. The highest BCUT2D eigenvalue weighted by Crippen LogP contribution is 2.35. The molecule has 0 bridgehead atoms. The average Bonchev–Trinajstić information content (AvgIpc) is 2.52. The van der Waals surface area contributed by atoms with E-state index in [1.165, 1.54) is 11.0 Å². The Balaban J connectivity index is 2.14. The normalized spacial score (nSPS) is 16.5. The van der Waals surface area contributed by atoms with Crippen molar-refractivity contribution in [2.24, 2.45) is 0 Å². The number of carbonyl (C=O) groups is 1. The predicted octanol–water partition coefficient (Wildman–Crippen LogP) is 1.36. The fraction of sp³-hybridized carbons (Fsp3) is 0.250. The number of aryl methyl sites for hydroxylation is 1. The first-order valence-corrected chi connectivity index (χ1v) is 7.01. The molecule has 0 saturated carbocycles. The van der Waals surface area contributed by atoms with Crippen LogP contribution in [0.4, 0.5) is 5.82 Å². The highest BCUT2D eigenvalue weighted by atomic mass is 16.5. The summed E-state index contributed by atoms with van der Waals surface area (Å²) in [5.74, 6) is 0.769. The molecule has 0 saturated heterocycles. The van der Waals surface area contributed by atoms with Gasteiger partial charge in [0, 0.05) is 30.1 Å². The molecule has 23 heavy (non-hydrogen) atoms. The van der Waals surface area contributed by atoms with Gasteiger partial charge < -0.3 is 9.72 Å². The van der Waals surface area contributed by atoms with Crippen LogP contribution in [0.1, 0.15) is 18.2 Å². The molecule has 0 aromatic carbocycles. The number of hydrogen-bond acceptors (Lipinski definition) is 5. The number of aromatic nitrogens is 2. The van der Waals surface area contributed by atoms with Gasteiger partial charge in [-0.2, -0.15) is 5.26 Å². The number of fused-ring (bicyclic) bond motifs is 1. The van der Waals surface area contributed by atoms with Gasteiger partial charge in [0.15, 0.2) is 17.7 Å². The van der Waals surface area contributed by atoms with Crippen LogP contribution in [-0.4, -0.2) is 29.0 Å². The highest BCUT2D eigenvalue weighted by Gasteiger charge is 2.30. The molecule has 2 aromatic heterocycles. The number of rotatable bonds is 1. The molecule has 0 aliphatic carbocycles. The lowest BCUT2D eigenvalue weighted by atomic mass is 10.0. The molecule has 1 aliphatic rings. The van der Waals surface area contributed by atoms with Crippen LogP contribution in [0, 0.1) is 18.3 Å². The van der Waals surface area contributed by atoms with E-state index in [9.17, 15) is 9.59 Å². The fourth-order valence-corrected chi connectivity index (χ4v) is 2.55. The minimum absolute atomic E-state index is 0.0323. The summed E-state index contributed by atoms with van der Waals surface area (Å²) in [6.45, 7) is 3.42. The lowest BCUT2D eigenvalue weighted by molar-refractivity contribution is -0.125. The Bertz CT molecular complexity index is 911. The fourth-order valence-electron chi connectivity index (χ4n) is 2.55. The Hall–Kier alpha value is -3.14. The molecule has 3 rings (SSSR count). The summed E-state index contributed by atoms with van der Waals surface area (Å²) in [6.07, 6.45) is 1.000. The zero-order valence-corrected chi connectivity index (χ0v) is 12.9. The van der Waals surface area contributed by atoms with Gasteiger partial charge in [-0.1, -0.05) is 0 Å².